The van der Waals surface area contributed by atoms with Gasteiger partial charge in [-0.25, -0.2) is 0 Å². The van der Waals surface area contributed by atoms with Gasteiger partial charge in [0.1, 0.15) is 0 Å². The quantitative estimate of drug-likeness (QED) is 0.806. The van der Waals surface area contributed by atoms with Gasteiger partial charge < -0.3 is 19.5 Å². The zero-order valence-electron chi connectivity index (χ0n) is 17.6. The molecule has 2 atom stereocenters. The summed E-state index contributed by atoms with van der Waals surface area (Å²) in [5.74, 6) is 1.53. The van der Waals surface area contributed by atoms with Gasteiger partial charge in [0.05, 0.1) is 18.7 Å². The number of likely N-dealkylation sites (tertiary alicyclic amines) is 1. The van der Waals surface area contributed by atoms with E-state index in [2.05, 4.69) is 10.2 Å². The fraction of sp³-hybridized carbons (Fsp3) is 0.545. The van der Waals surface area contributed by atoms with E-state index in [0.29, 0.717) is 51.3 Å². The highest BCUT2D eigenvalue weighted by molar-refractivity contribution is 5.78. The normalized spacial score (nSPS) is 21.2. The molecule has 1 N–H and O–H groups in total. The second kappa shape index (κ2) is 8.55. The zero-order valence-corrected chi connectivity index (χ0v) is 17.6. The van der Waals surface area contributed by atoms with Crippen molar-refractivity contribution in [3.8, 4) is 0 Å². The summed E-state index contributed by atoms with van der Waals surface area (Å²) in [6.45, 7) is 5.75. The summed E-state index contributed by atoms with van der Waals surface area (Å²) in [5.41, 5.74) is 1.12. The number of nitrogens with zero attached hydrogens (tertiary/aromatic N) is 5. The summed E-state index contributed by atoms with van der Waals surface area (Å²) in [5, 5.41) is 19.0. The largest absolute Gasteiger partial charge is 0.391 e. The molecule has 1 saturated heterocycles. The minimum absolute atomic E-state index is 0.0187. The first-order chi connectivity index (χ1) is 14.4. The Labute approximate surface area is 176 Å². The number of carbonyl (C=O) groups excluding carboxylic acids is 2. The minimum atomic E-state index is -0.564. The maximum Gasteiger partial charge on any atom is 0.225 e. The van der Waals surface area contributed by atoms with E-state index >= 15 is 0 Å². The molecule has 2 amide bonds. The van der Waals surface area contributed by atoms with Crippen molar-refractivity contribution in [2.75, 3.05) is 13.1 Å². The van der Waals surface area contributed by atoms with Gasteiger partial charge in [0.15, 0.2) is 11.6 Å². The molecule has 3 heterocycles. The molecule has 0 spiro atoms. The van der Waals surface area contributed by atoms with Crippen LogP contribution in [-0.4, -0.2) is 60.7 Å². The molecule has 4 rings (SSSR count). The third kappa shape index (κ3) is 4.09. The highest BCUT2D eigenvalue weighted by Crippen LogP contribution is 2.33. The Hall–Kier alpha value is -2.74. The van der Waals surface area contributed by atoms with Gasteiger partial charge in [0.2, 0.25) is 11.8 Å². The van der Waals surface area contributed by atoms with E-state index in [0.717, 1.165) is 11.4 Å². The van der Waals surface area contributed by atoms with Crippen molar-refractivity contribution in [3.63, 3.8) is 0 Å². The Morgan fingerprint density at radius 2 is 1.93 bits per heavy atom. The molecule has 2 aromatic rings. The summed E-state index contributed by atoms with van der Waals surface area (Å²) >= 11 is 0. The van der Waals surface area contributed by atoms with Crippen LogP contribution in [0.5, 0.6) is 0 Å². The van der Waals surface area contributed by atoms with Crippen LogP contribution in [0.4, 0.5) is 0 Å². The van der Waals surface area contributed by atoms with Crippen LogP contribution in [0.3, 0.4) is 0 Å². The lowest BCUT2D eigenvalue weighted by Crippen LogP contribution is -2.41. The van der Waals surface area contributed by atoms with Crippen LogP contribution in [0, 0.1) is 5.92 Å². The first-order valence-electron chi connectivity index (χ1n) is 10.7. The SMILES string of the molecule is CC(C)C(=O)N1CCn2c(nnc2[C@@H]2C[C@H](O)CN2C(=O)CCc2ccccc2)C1. The van der Waals surface area contributed by atoms with E-state index in [9.17, 15) is 14.7 Å². The van der Waals surface area contributed by atoms with Crippen LogP contribution in [0.1, 0.15) is 49.9 Å². The smallest absolute Gasteiger partial charge is 0.225 e. The van der Waals surface area contributed by atoms with E-state index < -0.39 is 6.10 Å². The number of aliphatic hydroxyl groups excluding tert-OH is 1. The van der Waals surface area contributed by atoms with Crippen molar-refractivity contribution in [3.05, 3.63) is 47.5 Å². The Kier molecular flexibility index (Phi) is 5.85. The number of aromatic nitrogens is 3. The van der Waals surface area contributed by atoms with Crippen molar-refractivity contribution in [2.45, 2.75) is 58.3 Å². The van der Waals surface area contributed by atoms with E-state index in [-0.39, 0.29) is 23.8 Å². The molecule has 160 valence electrons. The van der Waals surface area contributed by atoms with Crippen LogP contribution in [0.25, 0.3) is 0 Å². The Bertz CT molecular complexity index is 911. The minimum Gasteiger partial charge on any atom is -0.391 e. The third-order valence-electron chi connectivity index (χ3n) is 5.96. The Morgan fingerprint density at radius 1 is 1.17 bits per heavy atom. The average molecular weight is 412 g/mol. The van der Waals surface area contributed by atoms with Gasteiger partial charge >= 0.3 is 0 Å². The number of fused-ring (bicyclic) bond motifs is 1. The molecular formula is C22H29N5O3. The van der Waals surface area contributed by atoms with Crippen LogP contribution >= 0.6 is 0 Å². The number of rotatable bonds is 5. The van der Waals surface area contributed by atoms with E-state index in [4.69, 9.17) is 0 Å². The van der Waals surface area contributed by atoms with Crippen LogP contribution in [0.15, 0.2) is 30.3 Å². The topological polar surface area (TPSA) is 91.6 Å². The highest BCUT2D eigenvalue weighted by atomic mass is 16.3. The predicted molar refractivity (Wildman–Crippen MR) is 110 cm³/mol. The second-order valence-electron chi connectivity index (χ2n) is 8.48. The lowest BCUT2D eigenvalue weighted by molar-refractivity contribution is -0.136. The Balaban J connectivity index is 1.48. The summed E-state index contributed by atoms with van der Waals surface area (Å²) in [7, 11) is 0. The predicted octanol–water partition coefficient (Wildman–Crippen LogP) is 1.54. The lowest BCUT2D eigenvalue weighted by Gasteiger charge is -2.31. The van der Waals surface area contributed by atoms with E-state index in [1.165, 1.54) is 0 Å². The monoisotopic (exact) mass is 411 g/mol. The van der Waals surface area contributed by atoms with Crippen molar-refractivity contribution in [1.82, 2.24) is 24.6 Å². The fourth-order valence-corrected chi connectivity index (χ4v) is 4.35. The molecule has 0 unspecified atom stereocenters. The van der Waals surface area contributed by atoms with E-state index in [1.54, 1.807) is 4.90 Å². The molecule has 0 aliphatic carbocycles. The van der Waals surface area contributed by atoms with Crippen molar-refractivity contribution in [2.24, 2.45) is 5.92 Å². The maximum absolute atomic E-state index is 13.0. The number of β-amino-alcohol motifs (C(OH)–C–C–N with tert-alkyl or cyclic N) is 1. The lowest BCUT2D eigenvalue weighted by atomic mass is 10.1. The summed E-state index contributed by atoms with van der Waals surface area (Å²) in [6.07, 6.45) is 0.962. The molecule has 8 heteroatoms. The molecule has 0 radical (unpaired) electrons. The summed E-state index contributed by atoms with van der Waals surface area (Å²) in [4.78, 5) is 28.8. The van der Waals surface area contributed by atoms with Gasteiger partial charge in [-0.05, 0) is 12.0 Å². The standard InChI is InChI=1S/C22H29N5O3/c1-15(2)22(30)25-10-11-26-19(14-25)23-24-21(26)18-12-17(28)13-27(18)20(29)9-8-16-6-4-3-5-7-16/h3-7,15,17-18,28H,8-14H2,1-2H3/t17-,18-/m0/s1. The molecule has 0 bridgehead atoms. The number of amides is 2. The van der Waals surface area contributed by atoms with Crippen molar-refractivity contribution >= 4 is 11.8 Å². The van der Waals surface area contributed by atoms with Crippen LogP contribution in [-0.2, 0) is 29.1 Å². The zero-order chi connectivity index (χ0) is 21.3. The van der Waals surface area contributed by atoms with Gasteiger partial charge in [-0.15, -0.1) is 10.2 Å². The molecule has 2 aliphatic rings. The third-order valence-corrected chi connectivity index (χ3v) is 5.96. The molecular weight excluding hydrogens is 382 g/mol. The summed E-state index contributed by atoms with van der Waals surface area (Å²) in [6, 6.07) is 9.65. The Morgan fingerprint density at radius 3 is 2.67 bits per heavy atom. The first kappa shape index (κ1) is 20.5. The van der Waals surface area contributed by atoms with Gasteiger partial charge in [-0.1, -0.05) is 44.2 Å². The number of carbonyl (C=O) groups is 2. The van der Waals surface area contributed by atoms with Crippen LogP contribution in [0.2, 0.25) is 0 Å². The van der Waals surface area contributed by atoms with Gasteiger partial charge in [0.25, 0.3) is 0 Å². The number of aliphatic hydroxyl groups is 1. The number of hydrogen-bond donors (Lipinski definition) is 1. The second-order valence-corrected chi connectivity index (χ2v) is 8.48. The number of hydrogen-bond acceptors (Lipinski definition) is 5. The van der Waals surface area contributed by atoms with Crippen molar-refractivity contribution < 1.29 is 14.7 Å². The maximum atomic E-state index is 13.0. The van der Waals surface area contributed by atoms with E-state index in [1.807, 2.05) is 53.6 Å². The molecule has 0 saturated carbocycles. The molecule has 1 fully saturated rings. The fourth-order valence-electron chi connectivity index (χ4n) is 4.35. The van der Waals surface area contributed by atoms with Gasteiger partial charge in [0, 0.05) is 38.4 Å². The molecule has 8 nitrogen and oxygen atoms in total. The van der Waals surface area contributed by atoms with Gasteiger partial charge in [-0.2, -0.15) is 0 Å². The average Bonchev–Trinajstić information content (AvgIpc) is 3.34. The summed E-state index contributed by atoms with van der Waals surface area (Å²) < 4.78 is 2.02. The van der Waals surface area contributed by atoms with Crippen LogP contribution < -0.4 is 0 Å². The highest BCUT2D eigenvalue weighted by Gasteiger charge is 2.39. The van der Waals surface area contributed by atoms with Gasteiger partial charge in [-0.3, -0.25) is 9.59 Å². The number of benzene rings is 1. The molecule has 30 heavy (non-hydrogen) atoms. The number of aryl methyl sites for hydroxylation is 1. The van der Waals surface area contributed by atoms with Crippen molar-refractivity contribution in [1.29, 1.82) is 0 Å². The molecule has 1 aromatic heterocycles. The molecule has 2 aliphatic heterocycles. The first-order valence-corrected chi connectivity index (χ1v) is 10.7. The molecule has 1 aromatic carbocycles.